The molecule has 0 aromatic carbocycles. The van der Waals surface area contributed by atoms with E-state index in [0.717, 1.165) is 5.01 Å². The van der Waals surface area contributed by atoms with Crippen molar-refractivity contribution in [3.05, 3.63) is 5.01 Å². The minimum atomic E-state index is 0.530. The van der Waals surface area contributed by atoms with E-state index in [1.807, 2.05) is 6.92 Å². The Morgan fingerprint density at radius 3 is 2.50 bits per heavy atom. The second-order valence-electron chi connectivity index (χ2n) is 1.40. The SMILES string of the molecule is Cc1n[n+](N)c(N)s1. The molecule has 1 aromatic heterocycles. The van der Waals surface area contributed by atoms with Crippen LogP contribution < -0.4 is 16.4 Å². The number of nitrogen functional groups attached to an aromatic ring is 2. The van der Waals surface area contributed by atoms with Crippen LogP contribution in [0.2, 0.25) is 0 Å². The Hall–Kier alpha value is -0.840. The highest BCUT2D eigenvalue weighted by atomic mass is 32.1. The van der Waals surface area contributed by atoms with Gasteiger partial charge in [-0.3, -0.25) is 5.73 Å². The first kappa shape index (κ1) is 5.30. The van der Waals surface area contributed by atoms with Crippen molar-refractivity contribution < 1.29 is 4.79 Å². The van der Waals surface area contributed by atoms with Gasteiger partial charge in [-0.05, 0) is 23.1 Å². The van der Waals surface area contributed by atoms with Crippen LogP contribution >= 0.6 is 11.3 Å². The summed E-state index contributed by atoms with van der Waals surface area (Å²) in [5.74, 6) is 5.23. The second-order valence-corrected chi connectivity index (χ2v) is 2.62. The Morgan fingerprint density at radius 2 is 2.38 bits per heavy atom. The van der Waals surface area contributed by atoms with Crippen molar-refractivity contribution in [2.24, 2.45) is 0 Å². The molecule has 0 saturated heterocycles. The molecule has 0 atom stereocenters. The molecule has 0 bridgehead atoms. The van der Waals surface area contributed by atoms with Gasteiger partial charge in [0.1, 0.15) is 5.01 Å². The van der Waals surface area contributed by atoms with Crippen LogP contribution in [0.1, 0.15) is 5.01 Å². The van der Waals surface area contributed by atoms with Crippen molar-refractivity contribution >= 4 is 16.5 Å². The number of anilines is 1. The van der Waals surface area contributed by atoms with E-state index in [-0.39, 0.29) is 0 Å². The Bertz CT molecular complexity index is 174. The summed E-state index contributed by atoms with van der Waals surface area (Å²) >= 11 is 1.37. The zero-order chi connectivity index (χ0) is 6.15. The van der Waals surface area contributed by atoms with Crippen LogP contribution in [-0.4, -0.2) is 5.10 Å². The molecule has 1 aromatic rings. The topological polar surface area (TPSA) is 68.8 Å². The van der Waals surface area contributed by atoms with Gasteiger partial charge in [0.2, 0.25) is 0 Å². The minimum absolute atomic E-state index is 0.530. The van der Waals surface area contributed by atoms with Crippen LogP contribution in [0.15, 0.2) is 0 Å². The lowest BCUT2D eigenvalue weighted by molar-refractivity contribution is -0.681. The third-order valence-electron chi connectivity index (χ3n) is 0.727. The fraction of sp³-hybridized carbons (Fsp3) is 0.333. The molecule has 0 spiro atoms. The second kappa shape index (κ2) is 1.59. The first-order valence-corrected chi connectivity index (χ1v) is 2.92. The van der Waals surface area contributed by atoms with Gasteiger partial charge in [-0.2, -0.15) is 0 Å². The van der Waals surface area contributed by atoms with E-state index < -0.39 is 0 Å². The molecule has 8 heavy (non-hydrogen) atoms. The van der Waals surface area contributed by atoms with Crippen molar-refractivity contribution in [2.75, 3.05) is 11.6 Å². The van der Waals surface area contributed by atoms with Crippen LogP contribution in [0.25, 0.3) is 0 Å². The Labute approximate surface area is 50.7 Å². The lowest BCUT2D eigenvalue weighted by atomic mass is 10.9. The first-order valence-electron chi connectivity index (χ1n) is 2.10. The van der Waals surface area contributed by atoms with Gasteiger partial charge < -0.3 is 0 Å². The monoisotopic (exact) mass is 131 g/mol. The molecule has 1 heterocycles. The van der Waals surface area contributed by atoms with Crippen molar-refractivity contribution in [3.8, 4) is 0 Å². The molecule has 44 valence electrons. The molecule has 0 amide bonds. The van der Waals surface area contributed by atoms with Gasteiger partial charge in [-0.15, -0.1) is 0 Å². The summed E-state index contributed by atoms with van der Waals surface area (Å²) in [5.41, 5.74) is 5.33. The molecule has 5 heteroatoms. The molecule has 4 nitrogen and oxygen atoms in total. The average molecular weight is 131 g/mol. The zero-order valence-corrected chi connectivity index (χ0v) is 5.27. The molecule has 0 aliphatic heterocycles. The zero-order valence-electron chi connectivity index (χ0n) is 4.46. The Kier molecular flexibility index (Phi) is 1.05. The van der Waals surface area contributed by atoms with Crippen LogP contribution in [0.5, 0.6) is 0 Å². The largest absolute Gasteiger partial charge is 0.378 e. The lowest BCUT2D eigenvalue weighted by Gasteiger charge is -1.74. The Morgan fingerprint density at radius 1 is 1.75 bits per heavy atom. The van der Waals surface area contributed by atoms with E-state index in [2.05, 4.69) is 5.10 Å². The molecular weight excluding hydrogens is 124 g/mol. The fourth-order valence-electron chi connectivity index (χ4n) is 0.420. The van der Waals surface area contributed by atoms with Gasteiger partial charge in [-0.1, -0.05) is 5.10 Å². The molecule has 0 fully saturated rings. The molecule has 0 radical (unpaired) electrons. The number of hydrogen-bond acceptors (Lipinski definition) is 4. The number of rotatable bonds is 0. The van der Waals surface area contributed by atoms with Gasteiger partial charge in [0, 0.05) is 0 Å². The summed E-state index contributed by atoms with van der Waals surface area (Å²) in [6.45, 7) is 1.85. The molecule has 0 aliphatic rings. The van der Waals surface area contributed by atoms with E-state index >= 15 is 0 Å². The summed E-state index contributed by atoms with van der Waals surface area (Å²) in [5, 5.41) is 5.21. The normalized spacial score (nSPS) is 9.62. The first-order chi connectivity index (χ1) is 3.70. The smallest absolute Gasteiger partial charge is 0.274 e. The van der Waals surface area contributed by atoms with Crippen molar-refractivity contribution in [3.63, 3.8) is 0 Å². The van der Waals surface area contributed by atoms with Gasteiger partial charge >= 0.3 is 5.13 Å². The van der Waals surface area contributed by atoms with E-state index in [1.54, 1.807) is 0 Å². The highest BCUT2D eigenvalue weighted by Crippen LogP contribution is 2.04. The van der Waals surface area contributed by atoms with Gasteiger partial charge in [0.05, 0.1) is 0 Å². The maximum absolute atomic E-state index is 5.33. The minimum Gasteiger partial charge on any atom is -0.274 e. The molecule has 0 unspecified atom stereocenters. The predicted molar refractivity (Wildman–Crippen MR) is 31.6 cm³/mol. The third kappa shape index (κ3) is 0.717. The summed E-state index contributed by atoms with van der Waals surface area (Å²) in [6.07, 6.45) is 0. The van der Waals surface area contributed by atoms with Crippen molar-refractivity contribution in [1.29, 1.82) is 0 Å². The number of aryl methyl sites for hydroxylation is 1. The standard InChI is InChI=1S/C3H6N4S/c1-2-6-7(5)3(4)8-2/h4H,5H2,1H3/p+1. The van der Waals surface area contributed by atoms with Crippen LogP contribution in [0.4, 0.5) is 5.13 Å². The molecule has 0 aliphatic carbocycles. The van der Waals surface area contributed by atoms with E-state index in [1.165, 1.54) is 16.1 Å². The number of aromatic nitrogens is 2. The number of hydrogen-bond donors (Lipinski definition) is 2. The number of nitrogens with two attached hydrogens (primary N) is 2. The van der Waals surface area contributed by atoms with E-state index in [4.69, 9.17) is 11.6 Å². The predicted octanol–water partition coefficient (Wildman–Crippen LogP) is -0.965. The molecular formula is C3H7N4S+. The summed E-state index contributed by atoms with van der Waals surface area (Å²) in [4.78, 5) is 1.17. The maximum Gasteiger partial charge on any atom is 0.378 e. The summed E-state index contributed by atoms with van der Waals surface area (Å²) in [7, 11) is 0. The summed E-state index contributed by atoms with van der Waals surface area (Å²) in [6, 6.07) is 0. The molecule has 4 N–H and O–H groups in total. The van der Waals surface area contributed by atoms with Gasteiger partial charge in [0.25, 0.3) is 0 Å². The highest BCUT2D eigenvalue weighted by molar-refractivity contribution is 7.14. The third-order valence-corrected chi connectivity index (χ3v) is 1.50. The van der Waals surface area contributed by atoms with Crippen LogP contribution in [-0.2, 0) is 0 Å². The van der Waals surface area contributed by atoms with E-state index in [9.17, 15) is 0 Å². The molecule has 1 rings (SSSR count). The van der Waals surface area contributed by atoms with Crippen LogP contribution in [0, 0.1) is 6.92 Å². The Balaban J connectivity index is 3.14. The van der Waals surface area contributed by atoms with E-state index in [0.29, 0.717) is 5.13 Å². The maximum atomic E-state index is 5.33. The number of nitrogens with zero attached hydrogens (tertiary/aromatic N) is 2. The van der Waals surface area contributed by atoms with Crippen molar-refractivity contribution in [2.45, 2.75) is 6.92 Å². The average Bonchev–Trinajstić information content (AvgIpc) is 1.85. The van der Waals surface area contributed by atoms with Gasteiger partial charge in [-0.25, -0.2) is 5.84 Å². The van der Waals surface area contributed by atoms with Crippen LogP contribution in [0.3, 0.4) is 0 Å². The lowest BCUT2D eigenvalue weighted by Crippen LogP contribution is -2.48. The quantitative estimate of drug-likeness (QED) is 0.352. The summed E-state index contributed by atoms with van der Waals surface area (Å²) < 4.78 is 0. The van der Waals surface area contributed by atoms with Gasteiger partial charge in [0.15, 0.2) is 0 Å². The van der Waals surface area contributed by atoms with Crippen molar-refractivity contribution in [1.82, 2.24) is 5.10 Å². The molecule has 0 saturated carbocycles. The fourth-order valence-corrected chi connectivity index (χ4v) is 0.985. The highest BCUT2D eigenvalue weighted by Gasteiger charge is 2.04.